The highest BCUT2D eigenvalue weighted by Crippen LogP contribution is 2.09. The Morgan fingerprint density at radius 1 is 1.18 bits per heavy atom. The summed E-state index contributed by atoms with van der Waals surface area (Å²) in [5.41, 5.74) is 1.04. The predicted molar refractivity (Wildman–Crippen MR) is 116 cm³/mol. The van der Waals surface area contributed by atoms with Crippen LogP contribution < -0.4 is 10.6 Å². The zero-order chi connectivity index (χ0) is 20.2. The van der Waals surface area contributed by atoms with Crippen molar-refractivity contribution >= 4 is 5.96 Å². The molecular formula is C21H35N7. The van der Waals surface area contributed by atoms with Gasteiger partial charge in [0.1, 0.15) is 12.9 Å². The number of guanidine groups is 1. The Kier molecular flexibility index (Phi) is 9.48. The molecule has 0 aliphatic carbocycles. The first kappa shape index (κ1) is 21.9. The number of rotatable bonds is 11. The van der Waals surface area contributed by atoms with Crippen LogP contribution in [-0.2, 0) is 6.54 Å². The van der Waals surface area contributed by atoms with Crippen molar-refractivity contribution in [3.63, 3.8) is 0 Å². The number of nitrogens with zero attached hydrogens (tertiary/aromatic N) is 5. The number of aromatic nitrogens is 3. The minimum Gasteiger partial charge on any atom is -0.357 e. The van der Waals surface area contributed by atoms with E-state index in [-0.39, 0.29) is 0 Å². The summed E-state index contributed by atoms with van der Waals surface area (Å²) in [6.07, 6.45) is 4.02. The number of hydrogen-bond acceptors (Lipinski definition) is 4. The fourth-order valence-electron chi connectivity index (χ4n) is 3.11. The van der Waals surface area contributed by atoms with Crippen molar-refractivity contribution < 1.29 is 0 Å². The molecule has 0 amide bonds. The molecule has 0 aliphatic rings. The van der Waals surface area contributed by atoms with Crippen LogP contribution >= 0.6 is 0 Å². The third kappa shape index (κ3) is 6.96. The van der Waals surface area contributed by atoms with Gasteiger partial charge in [-0.25, -0.2) is 4.99 Å². The molecule has 1 unspecified atom stereocenters. The van der Waals surface area contributed by atoms with Gasteiger partial charge in [-0.15, -0.1) is 10.2 Å². The van der Waals surface area contributed by atoms with Gasteiger partial charge in [0.2, 0.25) is 0 Å². The summed E-state index contributed by atoms with van der Waals surface area (Å²) in [5, 5.41) is 15.1. The van der Waals surface area contributed by atoms with Crippen molar-refractivity contribution in [2.45, 2.75) is 53.1 Å². The molecule has 0 fully saturated rings. The summed E-state index contributed by atoms with van der Waals surface area (Å²) in [4.78, 5) is 7.18. The normalized spacial score (nSPS) is 13.0. The van der Waals surface area contributed by atoms with Crippen molar-refractivity contribution in [1.29, 1.82) is 0 Å². The lowest BCUT2D eigenvalue weighted by Gasteiger charge is -2.21. The van der Waals surface area contributed by atoms with E-state index >= 15 is 0 Å². The molecule has 0 bridgehead atoms. The zero-order valence-corrected chi connectivity index (χ0v) is 17.7. The maximum atomic E-state index is 4.72. The van der Waals surface area contributed by atoms with Gasteiger partial charge in [-0.05, 0) is 58.5 Å². The summed E-state index contributed by atoms with van der Waals surface area (Å²) in [6.45, 7) is 13.4. The second-order valence-corrected chi connectivity index (χ2v) is 6.86. The van der Waals surface area contributed by atoms with Crippen molar-refractivity contribution in [3.05, 3.63) is 42.5 Å². The monoisotopic (exact) mass is 385 g/mol. The molecule has 1 aromatic heterocycles. The van der Waals surface area contributed by atoms with E-state index < -0.39 is 0 Å². The van der Waals surface area contributed by atoms with E-state index in [0.717, 1.165) is 50.1 Å². The Labute approximate surface area is 169 Å². The summed E-state index contributed by atoms with van der Waals surface area (Å²) >= 11 is 0. The highest BCUT2D eigenvalue weighted by molar-refractivity contribution is 5.79. The fraction of sp³-hybridized carbons (Fsp3) is 0.571. The van der Waals surface area contributed by atoms with Gasteiger partial charge < -0.3 is 15.5 Å². The third-order valence-corrected chi connectivity index (χ3v) is 4.76. The van der Waals surface area contributed by atoms with Gasteiger partial charge >= 0.3 is 0 Å². The molecule has 7 nitrogen and oxygen atoms in total. The minimum absolute atomic E-state index is 0.361. The average Bonchev–Trinajstić information content (AvgIpc) is 3.19. The Morgan fingerprint density at radius 2 is 1.93 bits per heavy atom. The van der Waals surface area contributed by atoms with Crippen molar-refractivity contribution in [2.24, 2.45) is 4.99 Å². The summed E-state index contributed by atoms with van der Waals surface area (Å²) in [6, 6.07) is 10.5. The third-order valence-electron chi connectivity index (χ3n) is 4.76. The van der Waals surface area contributed by atoms with Gasteiger partial charge in [-0.1, -0.05) is 32.0 Å². The van der Waals surface area contributed by atoms with E-state index in [1.165, 1.54) is 6.42 Å². The second-order valence-electron chi connectivity index (χ2n) is 6.86. The SMILES string of the molecule is CCNC(=NCc1nncn1-c1ccccc1)NC(C)CCCN(CC)CC. The van der Waals surface area contributed by atoms with Gasteiger partial charge in [-0.3, -0.25) is 4.57 Å². The fourth-order valence-corrected chi connectivity index (χ4v) is 3.11. The van der Waals surface area contributed by atoms with Crippen LogP contribution in [0.4, 0.5) is 0 Å². The first-order chi connectivity index (χ1) is 13.7. The van der Waals surface area contributed by atoms with E-state index in [1.54, 1.807) is 6.33 Å². The Morgan fingerprint density at radius 3 is 2.61 bits per heavy atom. The Balaban J connectivity index is 1.93. The first-order valence-corrected chi connectivity index (χ1v) is 10.4. The zero-order valence-electron chi connectivity index (χ0n) is 17.7. The van der Waals surface area contributed by atoms with Crippen LogP contribution in [0.15, 0.2) is 41.7 Å². The Bertz CT molecular complexity index is 692. The topological polar surface area (TPSA) is 70.4 Å². The molecule has 0 radical (unpaired) electrons. The first-order valence-electron chi connectivity index (χ1n) is 10.4. The van der Waals surface area contributed by atoms with Gasteiger partial charge in [-0.2, -0.15) is 0 Å². The van der Waals surface area contributed by atoms with Crippen LogP contribution in [0.3, 0.4) is 0 Å². The number of para-hydroxylation sites is 1. The quantitative estimate of drug-likeness (QED) is 0.460. The largest absolute Gasteiger partial charge is 0.357 e. The standard InChI is InChI=1S/C21H35N7/c1-5-22-21(25-18(4)12-11-15-27(6-2)7-3)23-16-20-26-24-17-28(20)19-13-9-8-10-14-19/h8-10,13-14,17-18H,5-7,11-12,15-16H2,1-4H3,(H2,22,23,25). The smallest absolute Gasteiger partial charge is 0.191 e. The molecule has 2 rings (SSSR count). The molecule has 154 valence electrons. The van der Waals surface area contributed by atoms with E-state index in [4.69, 9.17) is 4.99 Å². The molecular weight excluding hydrogens is 350 g/mol. The lowest BCUT2D eigenvalue weighted by molar-refractivity contribution is 0.292. The number of benzene rings is 1. The molecule has 2 aromatic rings. The summed E-state index contributed by atoms with van der Waals surface area (Å²) < 4.78 is 1.97. The van der Waals surface area contributed by atoms with Gasteiger partial charge in [0, 0.05) is 18.3 Å². The molecule has 0 spiro atoms. The molecule has 1 heterocycles. The molecule has 7 heteroatoms. The summed E-state index contributed by atoms with van der Waals surface area (Å²) in [5.74, 6) is 1.64. The van der Waals surface area contributed by atoms with Crippen LogP contribution in [0.2, 0.25) is 0 Å². The molecule has 28 heavy (non-hydrogen) atoms. The van der Waals surface area contributed by atoms with Crippen LogP contribution in [0, 0.1) is 0 Å². The maximum absolute atomic E-state index is 4.72. The molecule has 0 saturated heterocycles. The molecule has 0 saturated carbocycles. The molecule has 1 atom stereocenters. The molecule has 1 aromatic carbocycles. The highest BCUT2D eigenvalue weighted by atomic mass is 15.3. The van der Waals surface area contributed by atoms with E-state index in [9.17, 15) is 0 Å². The van der Waals surface area contributed by atoms with Gasteiger partial charge in [0.25, 0.3) is 0 Å². The van der Waals surface area contributed by atoms with Crippen molar-refractivity contribution in [3.8, 4) is 5.69 Å². The minimum atomic E-state index is 0.361. The maximum Gasteiger partial charge on any atom is 0.191 e. The lowest BCUT2D eigenvalue weighted by Crippen LogP contribution is -2.42. The number of aliphatic imine (C=N–C) groups is 1. The lowest BCUT2D eigenvalue weighted by atomic mass is 10.2. The predicted octanol–water partition coefficient (Wildman–Crippen LogP) is 2.83. The second kappa shape index (κ2) is 12.1. The van der Waals surface area contributed by atoms with Gasteiger partial charge in [0.05, 0.1) is 0 Å². The van der Waals surface area contributed by atoms with E-state index in [0.29, 0.717) is 12.6 Å². The van der Waals surface area contributed by atoms with Crippen molar-refractivity contribution in [1.82, 2.24) is 30.3 Å². The number of hydrogen-bond donors (Lipinski definition) is 2. The molecule has 0 aliphatic heterocycles. The number of nitrogens with one attached hydrogen (secondary N) is 2. The molecule has 2 N–H and O–H groups in total. The Hall–Kier alpha value is -2.41. The van der Waals surface area contributed by atoms with E-state index in [1.807, 2.05) is 34.9 Å². The van der Waals surface area contributed by atoms with Gasteiger partial charge in [0.15, 0.2) is 11.8 Å². The highest BCUT2D eigenvalue weighted by Gasteiger charge is 2.09. The van der Waals surface area contributed by atoms with Crippen molar-refractivity contribution in [2.75, 3.05) is 26.2 Å². The van der Waals surface area contributed by atoms with Crippen LogP contribution in [0.5, 0.6) is 0 Å². The van der Waals surface area contributed by atoms with Crippen LogP contribution in [0.25, 0.3) is 5.69 Å². The average molecular weight is 386 g/mol. The van der Waals surface area contributed by atoms with E-state index in [2.05, 4.69) is 53.4 Å². The summed E-state index contributed by atoms with van der Waals surface area (Å²) in [7, 11) is 0. The van der Waals surface area contributed by atoms with Crippen LogP contribution in [0.1, 0.15) is 46.4 Å². The van der Waals surface area contributed by atoms with Crippen LogP contribution in [-0.4, -0.2) is 57.8 Å².